The summed E-state index contributed by atoms with van der Waals surface area (Å²) in [7, 11) is 0. The lowest BCUT2D eigenvalue weighted by molar-refractivity contribution is 0.0168. The number of aryl methyl sites for hydroxylation is 1. The number of anilines is 1. The number of pyridine rings is 1. The summed E-state index contributed by atoms with van der Waals surface area (Å²) >= 11 is 6.47. The van der Waals surface area contributed by atoms with E-state index < -0.39 is 5.92 Å². The Morgan fingerprint density at radius 2 is 2.12 bits per heavy atom. The number of halogens is 3. The largest absolute Gasteiger partial charge is 0.449 e. The number of alkyl halides is 2. The molecule has 172 valence electrons. The fourth-order valence-electron chi connectivity index (χ4n) is 3.83. The van der Waals surface area contributed by atoms with Crippen molar-refractivity contribution in [3.63, 3.8) is 0 Å². The molecule has 0 bridgehead atoms. The Balaban J connectivity index is 1.39. The van der Waals surface area contributed by atoms with Gasteiger partial charge in [0.1, 0.15) is 6.26 Å². The van der Waals surface area contributed by atoms with Crippen LogP contribution in [0.1, 0.15) is 41.6 Å². The molecule has 9 heteroatoms. The fraction of sp³-hybridized carbons (Fsp3) is 0.292. The topological polar surface area (TPSA) is 71.3 Å². The first-order valence-electron chi connectivity index (χ1n) is 10.5. The van der Waals surface area contributed by atoms with E-state index in [0.29, 0.717) is 53.8 Å². The third-order valence-electron chi connectivity index (χ3n) is 5.49. The second-order valence-electron chi connectivity index (χ2n) is 8.05. The van der Waals surface area contributed by atoms with Crippen LogP contribution in [0.4, 0.5) is 19.3 Å². The second kappa shape index (κ2) is 9.31. The van der Waals surface area contributed by atoms with Gasteiger partial charge in [0.15, 0.2) is 5.89 Å². The van der Waals surface area contributed by atoms with Crippen molar-refractivity contribution in [3.8, 4) is 0 Å². The van der Waals surface area contributed by atoms with Gasteiger partial charge in [-0.05, 0) is 48.2 Å². The fourth-order valence-corrected chi connectivity index (χ4v) is 4.14. The van der Waals surface area contributed by atoms with Crippen LogP contribution in [0.3, 0.4) is 0 Å². The van der Waals surface area contributed by atoms with E-state index in [1.807, 2.05) is 12.1 Å². The van der Waals surface area contributed by atoms with Crippen molar-refractivity contribution < 1.29 is 18.0 Å². The molecule has 0 fully saturated rings. The number of nitrogens with one attached hydrogen (secondary N) is 1. The molecule has 1 aliphatic rings. The first-order chi connectivity index (χ1) is 15.7. The number of amides is 2. The molecule has 0 saturated heterocycles. The molecule has 1 aliphatic heterocycles. The van der Waals surface area contributed by atoms with Crippen LogP contribution < -0.4 is 5.32 Å². The first kappa shape index (κ1) is 22.9. The van der Waals surface area contributed by atoms with Crippen molar-refractivity contribution in [2.75, 3.05) is 18.4 Å². The lowest BCUT2D eigenvalue weighted by Gasteiger charge is -2.27. The number of benzene rings is 1. The molecule has 1 aromatic carbocycles. The molecule has 0 spiro atoms. The second-order valence-corrected chi connectivity index (χ2v) is 8.46. The van der Waals surface area contributed by atoms with E-state index in [9.17, 15) is 13.6 Å². The minimum Gasteiger partial charge on any atom is -0.449 e. The molecule has 0 radical (unpaired) electrons. The monoisotopic (exact) mass is 472 g/mol. The predicted octanol–water partition coefficient (Wildman–Crippen LogP) is 6.06. The first-order valence-corrected chi connectivity index (χ1v) is 10.9. The van der Waals surface area contributed by atoms with Gasteiger partial charge < -0.3 is 14.6 Å². The quantitative estimate of drug-likeness (QED) is 0.490. The zero-order valence-electron chi connectivity index (χ0n) is 18.2. The molecule has 2 aromatic heterocycles. The molecular weight excluding hydrogens is 450 g/mol. The molecule has 0 saturated carbocycles. The highest BCUT2D eigenvalue weighted by molar-refractivity contribution is 6.32. The van der Waals surface area contributed by atoms with E-state index in [1.165, 1.54) is 18.4 Å². The summed E-state index contributed by atoms with van der Waals surface area (Å²) in [5.41, 5.74) is 3.41. The highest BCUT2D eigenvalue weighted by Crippen LogP contribution is 2.31. The summed E-state index contributed by atoms with van der Waals surface area (Å²) in [6.07, 6.45) is 7.89. The molecule has 33 heavy (non-hydrogen) atoms. The lowest BCUT2D eigenvalue weighted by atomic mass is 10.0. The molecule has 0 unspecified atom stereocenters. The summed E-state index contributed by atoms with van der Waals surface area (Å²) in [5.74, 6) is -2.34. The smallest absolute Gasteiger partial charge is 0.322 e. The van der Waals surface area contributed by atoms with Gasteiger partial charge in [-0.25, -0.2) is 18.6 Å². The average Bonchev–Trinajstić information content (AvgIpc) is 3.26. The Bertz CT molecular complexity index is 1190. The Kier molecular flexibility index (Phi) is 6.47. The van der Waals surface area contributed by atoms with Crippen LogP contribution in [0.2, 0.25) is 5.02 Å². The highest BCUT2D eigenvalue weighted by atomic mass is 35.5. The number of nitrogens with zero attached hydrogens (tertiary/aromatic N) is 3. The maximum Gasteiger partial charge on any atom is 0.322 e. The van der Waals surface area contributed by atoms with Gasteiger partial charge in [-0.3, -0.25) is 4.98 Å². The number of urea groups is 1. The molecule has 1 N–H and O–H groups in total. The van der Waals surface area contributed by atoms with E-state index in [1.54, 1.807) is 30.3 Å². The van der Waals surface area contributed by atoms with Crippen molar-refractivity contribution in [3.05, 3.63) is 82.3 Å². The van der Waals surface area contributed by atoms with E-state index in [-0.39, 0.29) is 11.6 Å². The molecule has 0 aliphatic carbocycles. The van der Waals surface area contributed by atoms with Gasteiger partial charge in [0.2, 0.25) is 0 Å². The molecule has 2 amide bonds. The number of hydrogen-bond donors (Lipinski definition) is 1. The Hall–Kier alpha value is -3.26. The standard InChI is InChI=1S/C24H23ClF2N4O2/c1-15-11-18(3-4-19(15)24(2,26)27)30-23(32)31-8-5-17(6-9-31)22-20(25)12-16(14-29-22)13-21-28-7-10-33-21/h3-5,7,10-12,14H,6,8-9,13H2,1-2H3,(H,30,32). The summed E-state index contributed by atoms with van der Waals surface area (Å²) in [6, 6.07) is 5.95. The van der Waals surface area contributed by atoms with Crippen LogP contribution in [-0.2, 0) is 12.3 Å². The zero-order valence-corrected chi connectivity index (χ0v) is 19.0. The van der Waals surface area contributed by atoms with Crippen LogP contribution in [0.25, 0.3) is 5.57 Å². The number of carbonyl (C=O) groups excluding carboxylic acids is 1. The molecule has 0 atom stereocenters. The summed E-state index contributed by atoms with van der Waals surface area (Å²) < 4.78 is 32.4. The van der Waals surface area contributed by atoms with Crippen molar-refractivity contribution in [1.29, 1.82) is 0 Å². The van der Waals surface area contributed by atoms with Gasteiger partial charge in [-0.1, -0.05) is 23.7 Å². The average molecular weight is 473 g/mol. The number of rotatable bonds is 5. The van der Waals surface area contributed by atoms with Crippen molar-refractivity contribution in [1.82, 2.24) is 14.9 Å². The zero-order chi connectivity index (χ0) is 23.6. The van der Waals surface area contributed by atoms with Crippen molar-refractivity contribution in [2.45, 2.75) is 32.6 Å². The van der Waals surface area contributed by atoms with Gasteiger partial charge in [0, 0.05) is 37.5 Å². The maximum atomic E-state index is 13.6. The Morgan fingerprint density at radius 1 is 1.30 bits per heavy atom. The number of carbonyl (C=O) groups is 1. The predicted molar refractivity (Wildman–Crippen MR) is 122 cm³/mol. The van der Waals surface area contributed by atoms with Gasteiger partial charge >= 0.3 is 6.03 Å². The van der Waals surface area contributed by atoms with Crippen molar-refractivity contribution >= 4 is 28.9 Å². The van der Waals surface area contributed by atoms with Crippen LogP contribution in [-0.4, -0.2) is 34.0 Å². The number of oxazole rings is 1. The van der Waals surface area contributed by atoms with Crippen molar-refractivity contribution in [2.24, 2.45) is 0 Å². The SMILES string of the molecule is Cc1cc(NC(=O)N2CC=C(c3ncc(Cc4ncco4)cc3Cl)CC2)ccc1C(C)(F)F. The Morgan fingerprint density at radius 3 is 2.73 bits per heavy atom. The van der Waals surface area contributed by atoms with Crippen LogP contribution in [0, 0.1) is 6.92 Å². The van der Waals surface area contributed by atoms with E-state index >= 15 is 0 Å². The van der Waals surface area contributed by atoms with Crippen LogP contribution in [0.15, 0.2) is 53.4 Å². The van der Waals surface area contributed by atoms with Crippen LogP contribution in [0.5, 0.6) is 0 Å². The number of hydrogen-bond acceptors (Lipinski definition) is 4. The van der Waals surface area contributed by atoms with Gasteiger partial charge in [0.25, 0.3) is 5.92 Å². The minimum atomic E-state index is -2.93. The van der Waals surface area contributed by atoms with Gasteiger partial charge in [0.05, 0.1) is 23.3 Å². The summed E-state index contributed by atoms with van der Waals surface area (Å²) in [5, 5.41) is 3.32. The highest BCUT2D eigenvalue weighted by Gasteiger charge is 2.26. The Labute approximate surface area is 195 Å². The van der Waals surface area contributed by atoms with Crippen LogP contribution >= 0.6 is 11.6 Å². The van der Waals surface area contributed by atoms with E-state index in [4.69, 9.17) is 16.0 Å². The van der Waals surface area contributed by atoms with Gasteiger partial charge in [-0.2, -0.15) is 0 Å². The number of aromatic nitrogens is 2. The lowest BCUT2D eigenvalue weighted by Crippen LogP contribution is -2.38. The van der Waals surface area contributed by atoms with E-state index in [0.717, 1.165) is 18.1 Å². The summed E-state index contributed by atoms with van der Waals surface area (Å²) in [4.78, 5) is 22.9. The molecule has 3 heterocycles. The normalized spacial score (nSPS) is 14.2. The molecular formula is C24H23ClF2N4O2. The summed E-state index contributed by atoms with van der Waals surface area (Å²) in [6.45, 7) is 3.33. The maximum absolute atomic E-state index is 13.6. The van der Waals surface area contributed by atoms with E-state index in [2.05, 4.69) is 15.3 Å². The molecule has 4 rings (SSSR count). The third kappa shape index (κ3) is 5.39. The molecule has 3 aromatic rings. The van der Waals surface area contributed by atoms with Gasteiger partial charge in [-0.15, -0.1) is 0 Å². The third-order valence-corrected chi connectivity index (χ3v) is 5.78. The molecule has 6 nitrogen and oxygen atoms in total. The minimum absolute atomic E-state index is 0.0538.